The van der Waals surface area contributed by atoms with Crippen molar-refractivity contribution >= 4 is 23.2 Å². The summed E-state index contributed by atoms with van der Waals surface area (Å²) in [7, 11) is 0. The summed E-state index contributed by atoms with van der Waals surface area (Å²) in [4.78, 5) is 26.9. The number of hydrogen-bond acceptors (Lipinski definition) is 3. The van der Waals surface area contributed by atoms with Gasteiger partial charge in [-0.2, -0.15) is 0 Å². The third kappa shape index (κ3) is 3.20. The van der Waals surface area contributed by atoms with Crippen molar-refractivity contribution in [3.05, 3.63) is 22.4 Å². The van der Waals surface area contributed by atoms with E-state index in [0.717, 1.165) is 11.3 Å². The van der Waals surface area contributed by atoms with Gasteiger partial charge in [-0.15, -0.1) is 11.3 Å². The summed E-state index contributed by atoms with van der Waals surface area (Å²) in [6.45, 7) is 4.55. The Kier molecular flexibility index (Phi) is 4.81. The minimum atomic E-state index is -0.833. The van der Waals surface area contributed by atoms with Crippen molar-refractivity contribution < 1.29 is 14.7 Å². The molecule has 1 amide bonds. The molecular formula is C15H21NO3S. The van der Waals surface area contributed by atoms with Crippen molar-refractivity contribution in [1.82, 2.24) is 4.90 Å². The quantitative estimate of drug-likeness (QED) is 0.908. The van der Waals surface area contributed by atoms with Crippen LogP contribution in [0.1, 0.15) is 38.0 Å². The van der Waals surface area contributed by atoms with Gasteiger partial charge in [-0.1, -0.05) is 12.5 Å². The number of thiophene rings is 1. The van der Waals surface area contributed by atoms with Gasteiger partial charge in [-0.25, -0.2) is 0 Å². The summed E-state index contributed by atoms with van der Waals surface area (Å²) >= 11 is 1.63. The second-order valence-electron chi connectivity index (χ2n) is 5.62. The number of carbonyl (C=O) groups is 2. The number of carboxylic acids is 1. The number of carboxylic acid groups (broad SMARTS) is 1. The second kappa shape index (κ2) is 6.39. The van der Waals surface area contributed by atoms with E-state index in [1.165, 1.54) is 0 Å². The van der Waals surface area contributed by atoms with Gasteiger partial charge >= 0.3 is 5.97 Å². The summed E-state index contributed by atoms with van der Waals surface area (Å²) < 4.78 is 0. The molecule has 1 N–H and O–H groups in total. The predicted molar refractivity (Wildman–Crippen MR) is 78.5 cm³/mol. The molecule has 1 saturated carbocycles. The first-order chi connectivity index (χ1) is 9.50. The fraction of sp³-hybridized carbons (Fsp3) is 0.600. The molecule has 0 bridgehead atoms. The van der Waals surface area contributed by atoms with Crippen LogP contribution in [0.15, 0.2) is 17.5 Å². The maximum atomic E-state index is 12.7. The first kappa shape index (κ1) is 15.0. The lowest BCUT2D eigenvalue weighted by Crippen LogP contribution is -2.42. The highest BCUT2D eigenvalue weighted by Crippen LogP contribution is 2.34. The molecule has 5 heteroatoms. The molecule has 0 aromatic carbocycles. The van der Waals surface area contributed by atoms with Crippen LogP contribution in [0, 0.1) is 11.8 Å². The molecule has 2 unspecified atom stereocenters. The zero-order valence-corrected chi connectivity index (χ0v) is 12.7. The van der Waals surface area contributed by atoms with Crippen LogP contribution >= 0.6 is 11.3 Å². The van der Waals surface area contributed by atoms with Gasteiger partial charge in [-0.3, -0.25) is 9.59 Å². The highest BCUT2D eigenvalue weighted by molar-refractivity contribution is 7.09. The van der Waals surface area contributed by atoms with Gasteiger partial charge in [0.25, 0.3) is 0 Å². The third-order valence-electron chi connectivity index (χ3n) is 3.96. The molecule has 1 aliphatic rings. The van der Waals surface area contributed by atoms with Crippen LogP contribution in [-0.2, 0) is 16.1 Å². The van der Waals surface area contributed by atoms with Gasteiger partial charge in [0.2, 0.25) is 5.91 Å². The number of nitrogens with zero attached hydrogens (tertiary/aromatic N) is 1. The van der Waals surface area contributed by atoms with Crippen molar-refractivity contribution in [1.29, 1.82) is 0 Å². The number of carbonyl (C=O) groups excluding carboxylic acids is 1. The van der Waals surface area contributed by atoms with E-state index >= 15 is 0 Å². The van der Waals surface area contributed by atoms with E-state index in [2.05, 4.69) is 0 Å². The van der Waals surface area contributed by atoms with Crippen LogP contribution in [0.2, 0.25) is 0 Å². The van der Waals surface area contributed by atoms with Crippen molar-refractivity contribution in [3.63, 3.8) is 0 Å². The lowest BCUT2D eigenvalue weighted by atomic mass is 9.94. The molecule has 1 aromatic heterocycles. The second-order valence-corrected chi connectivity index (χ2v) is 6.65. The Bertz CT molecular complexity index is 469. The summed E-state index contributed by atoms with van der Waals surface area (Å²) in [5.41, 5.74) is 0. The molecule has 1 fully saturated rings. The van der Waals surface area contributed by atoms with Gasteiger partial charge in [0, 0.05) is 10.9 Å². The molecule has 4 nitrogen and oxygen atoms in total. The van der Waals surface area contributed by atoms with Crippen LogP contribution in [-0.4, -0.2) is 27.9 Å². The Morgan fingerprint density at radius 1 is 1.40 bits per heavy atom. The molecule has 0 radical (unpaired) electrons. The molecule has 1 aromatic rings. The lowest BCUT2D eigenvalue weighted by Gasteiger charge is -2.30. The van der Waals surface area contributed by atoms with Crippen molar-refractivity contribution in [3.8, 4) is 0 Å². The van der Waals surface area contributed by atoms with Crippen LogP contribution < -0.4 is 0 Å². The van der Waals surface area contributed by atoms with E-state index in [0.29, 0.717) is 19.4 Å². The average molecular weight is 295 g/mol. The van der Waals surface area contributed by atoms with E-state index in [1.807, 2.05) is 36.3 Å². The Morgan fingerprint density at radius 2 is 2.10 bits per heavy atom. The molecule has 0 saturated heterocycles. The molecule has 20 heavy (non-hydrogen) atoms. The Balaban J connectivity index is 2.12. The maximum absolute atomic E-state index is 12.7. The Hall–Kier alpha value is -1.36. The van der Waals surface area contributed by atoms with Crippen molar-refractivity contribution in [2.24, 2.45) is 11.8 Å². The molecule has 0 aliphatic heterocycles. The number of amides is 1. The van der Waals surface area contributed by atoms with E-state index in [-0.39, 0.29) is 17.9 Å². The average Bonchev–Trinajstić information content (AvgIpc) is 3.05. The van der Waals surface area contributed by atoms with E-state index in [4.69, 9.17) is 0 Å². The minimum absolute atomic E-state index is 0.00157. The largest absolute Gasteiger partial charge is 0.481 e. The van der Waals surface area contributed by atoms with Crippen LogP contribution in [0.3, 0.4) is 0 Å². The van der Waals surface area contributed by atoms with Gasteiger partial charge in [-0.05, 0) is 38.1 Å². The van der Waals surface area contributed by atoms with Crippen LogP contribution in [0.5, 0.6) is 0 Å². The van der Waals surface area contributed by atoms with E-state index in [1.54, 1.807) is 11.3 Å². The monoisotopic (exact) mass is 295 g/mol. The summed E-state index contributed by atoms with van der Waals surface area (Å²) in [5, 5.41) is 11.2. The summed E-state index contributed by atoms with van der Waals surface area (Å²) in [6.07, 6.45) is 2.15. The fourth-order valence-electron chi connectivity index (χ4n) is 2.85. The van der Waals surface area contributed by atoms with Crippen molar-refractivity contribution in [2.45, 2.75) is 45.7 Å². The standard InChI is InChI=1S/C15H21NO3S/c1-10(2)16(9-11-5-4-8-20-11)14(17)12-6-3-7-13(12)15(18)19/h4-5,8,10,12-13H,3,6-7,9H2,1-2H3,(H,18,19). The van der Waals surface area contributed by atoms with E-state index < -0.39 is 11.9 Å². The highest BCUT2D eigenvalue weighted by atomic mass is 32.1. The Morgan fingerprint density at radius 3 is 2.65 bits per heavy atom. The number of hydrogen-bond donors (Lipinski definition) is 1. The van der Waals surface area contributed by atoms with Gasteiger partial charge < -0.3 is 10.0 Å². The summed E-state index contributed by atoms with van der Waals surface area (Å²) in [6, 6.07) is 4.06. The molecule has 2 atom stereocenters. The summed E-state index contributed by atoms with van der Waals surface area (Å²) in [5.74, 6) is -1.69. The number of rotatable bonds is 5. The normalized spacial score (nSPS) is 22.1. The third-order valence-corrected chi connectivity index (χ3v) is 4.82. The maximum Gasteiger partial charge on any atom is 0.307 e. The fourth-order valence-corrected chi connectivity index (χ4v) is 3.55. The zero-order valence-electron chi connectivity index (χ0n) is 11.9. The van der Waals surface area contributed by atoms with Gasteiger partial charge in [0.15, 0.2) is 0 Å². The van der Waals surface area contributed by atoms with Crippen LogP contribution in [0.4, 0.5) is 0 Å². The molecule has 1 heterocycles. The van der Waals surface area contributed by atoms with Crippen molar-refractivity contribution in [2.75, 3.05) is 0 Å². The molecule has 2 rings (SSSR count). The van der Waals surface area contributed by atoms with Gasteiger partial charge in [0.05, 0.1) is 18.4 Å². The molecule has 110 valence electrons. The highest BCUT2D eigenvalue weighted by Gasteiger charge is 2.40. The molecule has 0 spiro atoms. The first-order valence-corrected chi connectivity index (χ1v) is 7.94. The topological polar surface area (TPSA) is 57.6 Å². The zero-order chi connectivity index (χ0) is 14.7. The minimum Gasteiger partial charge on any atom is -0.481 e. The predicted octanol–water partition coefficient (Wildman–Crippen LogP) is 2.99. The van der Waals surface area contributed by atoms with Gasteiger partial charge in [0.1, 0.15) is 0 Å². The first-order valence-electron chi connectivity index (χ1n) is 7.06. The SMILES string of the molecule is CC(C)N(Cc1cccs1)C(=O)C1CCCC1C(=O)O. The molecular weight excluding hydrogens is 274 g/mol. The Labute approximate surface area is 123 Å². The molecule has 1 aliphatic carbocycles. The van der Waals surface area contributed by atoms with Crippen LogP contribution in [0.25, 0.3) is 0 Å². The van der Waals surface area contributed by atoms with E-state index in [9.17, 15) is 14.7 Å². The lowest BCUT2D eigenvalue weighted by molar-refractivity contribution is -0.150. The number of aliphatic carboxylic acids is 1. The smallest absolute Gasteiger partial charge is 0.307 e.